The average Bonchev–Trinajstić information content (AvgIpc) is 2.62. The van der Waals surface area contributed by atoms with E-state index < -0.39 is 30.1 Å². The minimum absolute atomic E-state index is 0.294. The maximum absolute atomic E-state index is 13.2. The summed E-state index contributed by atoms with van der Waals surface area (Å²) in [5, 5.41) is 2.29. The van der Waals surface area contributed by atoms with Gasteiger partial charge in [-0.2, -0.15) is 0 Å². The van der Waals surface area contributed by atoms with Gasteiger partial charge in [-0.25, -0.2) is 13.6 Å². The molecule has 0 radical (unpaired) electrons. The molecule has 2 aromatic rings. The van der Waals surface area contributed by atoms with E-state index in [1.807, 2.05) is 12.1 Å². The average molecular weight is 382 g/mol. The van der Waals surface area contributed by atoms with Crippen LogP contribution in [-0.2, 0) is 16.0 Å². The summed E-state index contributed by atoms with van der Waals surface area (Å²) < 4.78 is 31.0. The number of benzene rings is 2. The highest BCUT2D eigenvalue weighted by Crippen LogP contribution is 2.21. The maximum Gasteiger partial charge on any atom is 0.340 e. The van der Waals surface area contributed by atoms with E-state index in [2.05, 4.69) is 12.2 Å². The van der Waals surface area contributed by atoms with Crippen molar-refractivity contribution in [3.05, 3.63) is 64.2 Å². The first-order valence-corrected chi connectivity index (χ1v) is 8.49. The lowest BCUT2D eigenvalue weighted by Gasteiger charge is -2.08. The molecule has 0 heterocycles. The number of aryl methyl sites for hydroxylation is 1. The molecule has 0 atom stereocenters. The van der Waals surface area contributed by atoms with Crippen molar-refractivity contribution in [2.45, 2.75) is 26.2 Å². The Labute approximate surface area is 155 Å². The minimum atomic E-state index is -1.23. The molecule has 0 bridgehead atoms. The summed E-state index contributed by atoms with van der Waals surface area (Å²) in [7, 11) is 0. The maximum atomic E-state index is 13.2. The fourth-order valence-electron chi connectivity index (χ4n) is 2.22. The lowest BCUT2D eigenvalue weighted by Crippen LogP contribution is -2.21. The summed E-state index contributed by atoms with van der Waals surface area (Å²) in [6.45, 7) is 1.54. The first-order valence-electron chi connectivity index (χ1n) is 8.11. The highest BCUT2D eigenvalue weighted by atomic mass is 35.5. The number of nitrogens with one attached hydrogen (secondary N) is 1. The Balaban J connectivity index is 1.88. The number of anilines is 1. The molecular weight excluding hydrogens is 364 g/mol. The smallest absolute Gasteiger partial charge is 0.340 e. The van der Waals surface area contributed by atoms with Gasteiger partial charge < -0.3 is 10.1 Å². The predicted octanol–water partition coefficient (Wildman–Crippen LogP) is 4.76. The van der Waals surface area contributed by atoms with Crippen LogP contribution in [-0.4, -0.2) is 18.5 Å². The van der Waals surface area contributed by atoms with Crippen LogP contribution in [0.2, 0.25) is 5.02 Å². The lowest BCUT2D eigenvalue weighted by molar-refractivity contribution is -0.119. The van der Waals surface area contributed by atoms with Crippen molar-refractivity contribution >= 4 is 29.2 Å². The Morgan fingerprint density at radius 1 is 1.12 bits per heavy atom. The zero-order valence-corrected chi connectivity index (χ0v) is 14.9. The first kappa shape index (κ1) is 19.8. The molecule has 0 saturated heterocycles. The number of halogens is 3. The van der Waals surface area contributed by atoms with Crippen molar-refractivity contribution in [3.8, 4) is 0 Å². The zero-order valence-electron chi connectivity index (χ0n) is 14.2. The molecule has 0 saturated carbocycles. The van der Waals surface area contributed by atoms with E-state index in [4.69, 9.17) is 16.3 Å². The molecule has 0 aliphatic rings. The van der Waals surface area contributed by atoms with Crippen LogP contribution in [0.5, 0.6) is 0 Å². The second-order valence-electron chi connectivity index (χ2n) is 5.67. The molecule has 2 rings (SSSR count). The molecule has 0 unspecified atom stereocenters. The van der Waals surface area contributed by atoms with E-state index in [0.29, 0.717) is 17.8 Å². The fourth-order valence-corrected chi connectivity index (χ4v) is 2.45. The van der Waals surface area contributed by atoms with Gasteiger partial charge in [0.15, 0.2) is 18.2 Å². The normalized spacial score (nSPS) is 10.5. The van der Waals surface area contributed by atoms with Gasteiger partial charge in [0.25, 0.3) is 5.91 Å². The summed E-state index contributed by atoms with van der Waals surface area (Å²) in [5.41, 5.74) is 1.39. The second kappa shape index (κ2) is 9.29. The molecule has 1 amide bonds. The number of amides is 1. The van der Waals surface area contributed by atoms with Crippen LogP contribution >= 0.6 is 11.6 Å². The zero-order chi connectivity index (χ0) is 19.1. The van der Waals surface area contributed by atoms with Crippen LogP contribution in [0.3, 0.4) is 0 Å². The largest absolute Gasteiger partial charge is 0.452 e. The molecule has 0 aromatic heterocycles. The van der Waals surface area contributed by atoms with Gasteiger partial charge in [0.1, 0.15) is 0 Å². The summed E-state index contributed by atoms with van der Waals surface area (Å²) >= 11 is 5.68. The number of carbonyl (C=O) groups excluding carboxylic acids is 2. The van der Waals surface area contributed by atoms with Gasteiger partial charge in [-0.3, -0.25) is 4.79 Å². The Morgan fingerprint density at radius 2 is 1.77 bits per heavy atom. The third-order valence-corrected chi connectivity index (χ3v) is 3.93. The number of esters is 1. The second-order valence-corrected chi connectivity index (χ2v) is 6.08. The highest BCUT2D eigenvalue weighted by Gasteiger charge is 2.17. The number of carbonyl (C=O) groups is 2. The third-order valence-electron chi connectivity index (χ3n) is 3.62. The van der Waals surface area contributed by atoms with E-state index >= 15 is 0 Å². The summed E-state index contributed by atoms with van der Waals surface area (Å²) in [6.07, 6.45) is 3.16. The van der Waals surface area contributed by atoms with Crippen molar-refractivity contribution in [1.29, 1.82) is 0 Å². The van der Waals surface area contributed by atoms with Crippen LogP contribution in [0.4, 0.5) is 14.5 Å². The summed E-state index contributed by atoms with van der Waals surface area (Å²) in [4.78, 5) is 23.7. The van der Waals surface area contributed by atoms with Crippen LogP contribution in [0, 0.1) is 11.6 Å². The standard InChI is InChI=1S/C19H18ClF2NO3/c1-2-3-4-12-5-7-13(8-6-12)23-18(24)11-26-19(25)14-9-16(21)17(22)10-15(14)20/h5-10H,2-4,11H2,1H3,(H,23,24). The van der Waals surface area contributed by atoms with E-state index in [-0.39, 0.29) is 10.6 Å². The van der Waals surface area contributed by atoms with Crippen molar-refractivity contribution < 1.29 is 23.1 Å². The molecule has 0 fully saturated rings. The number of hydrogen-bond acceptors (Lipinski definition) is 3. The Morgan fingerprint density at radius 3 is 2.42 bits per heavy atom. The molecule has 2 aromatic carbocycles. The Bertz CT molecular complexity index is 794. The molecule has 26 heavy (non-hydrogen) atoms. The molecule has 1 N–H and O–H groups in total. The van der Waals surface area contributed by atoms with Crippen LogP contribution in [0.15, 0.2) is 36.4 Å². The summed E-state index contributed by atoms with van der Waals surface area (Å²) in [5.74, 6) is -3.97. The van der Waals surface area contributed by atoms with Crippen molar-refractivity contribution in [3.63, 3.8) is 0 Å². The quantitative estimate of drug-likeness (QED) is 0.556. The number of ether oxygens (including phenoxy) is 1. The number of unbranched alkanes of at least 4 members (excludes halogenated alkanes) is 1. The van der Waals surface area contributed by atoms with Crippen LogP contribution in [0.1, 0.15) is 35.7 Å². The molecule has 4 nitrogen and oxygen atoms in total. The predicted molar refractivity (Wildman–Crippen MR) is 95.3 cm³/mol. The lowest BCUT2D eigenvalue weighted by atomic mass is 10.1. The van der Waals surface area contributed by atoms with Gasteiger partial charge in [-0.15, -0.1) is 0 Å². The Kier molecular flexibility index (Phi) is 7.09. The molecule has 0 aliphatic carbocycles. The van der Waals surface area contributed by atoms with Gasteiger partial charge in [0.2, 0.25) is 0 Å². The van der Waals surface area contributed by atoms with Crippen LogP contribution < -0.4 is 5.32 Å². The SMILES string of the molecule is CCCCc1ccc(NC(=O)COC(=O)c2cc(F)c(F)cc2Cl)cc1. The van der Waals surface area contributed by atoms with Crippen molar-refractivity contribution in [2.24, 2.45) is 0 Å². The Hall–Kier alpha value is -2.47. The van der Waals surface area contributed by atoms with Crippen LogP contribution in [0.25, 0.3) is 0 Å². The van der Waals surface area contributed by atoms with E-state index in [0.717, 1.165) is 19.3 Å². The molecule has 138 valence electrons. The van der Waals surface area contributed by atoms with Gasteiger partial charge in [-0.1, -0.05) is 37.1 Å². The van der Waals surface area contributed by atoms with E-state index in [1.54, 1.807) is 12.1 Å². The van der Waals surface area contributed by atoms with E-state index in [9.17, 15) is 18.4 Å². The fraction of sp³-hybridized carbons (Fsp3) is 0.263. The number of hydrogen-bond donors (Lipinski definition) is 1. The minimum Gasteiger partial charge on any atom is -0.452 e. The van der Waals surface area contributed by atoms with Gasteiger partial charge in [0, 0.05) is 5.69 Å². The molecule has 0 aliphatic heterocycles. The third kappa shape index (κ3) is 5.52. The molecule has 7 heteroatoms. The van der Waals surface area contributed by atoms with Crippen molar-refractivity contribution in [2.75, 3.05) is 11.9 Å². The van der Waals surface area contributed by atoms with Gasteiger partial charge in [0.05, 0.1) is 10.6 Å². The number of rotatable bonds is 7. The topological polar surface area (TPSA) is 55.4 Å². The highest BCUT2D eigenvalue weighted by molar-refractivity contribution is 6.33. The van der Waals surface area contributed by atoms with Gasteiger partial charge in [-0.05, 0) is 42.7 Å². The summed E-state index contributed by atoms with van der Waals surface area (Å²) in [6, 6.07) is 8.66. The van der Waals surface area contributed by atoms with Gasteiger partial charge >= 0.3 is 5.97 Å². The molecular formula is C19H18ClF2NO3. The van der Waals surface area contributed by atoms with E-state index in [1.165, 1.54) is 5.56 Å². The molecule has 0 spiro atoms. The first-order chi connectivity index (χ1) is 12.4. The monoisotopic (exact) mass is 381 g/mol. The van der Waals surface area contributed by atoms with Crippen molar-refractivity contribution in [1.82, 2.24) is 0 Å².